The van der Waals surface area contributed by atoms with E-state index < -0.39 is 0 Å². The zero-order valence-corrected chi connectivity index (χ0v) is 6.52. The summed E-state index contributed by atoms with van der Waals surface area (Å²) in [5.41, 5.74) is 2.48. The van der Waals surface area contributed by atoms with Gasteiger partial charge in [-0.15, -0.1) is 0 Å². The first-order valence-corrected chi connectivity index (χ1v) is 3.88. The first-order chi connectivity index (χ1) is 5.40. The van der Waals surface area contributed by atoms with Crippen LogP contribution < -0.4 is 0 Å². The molecule has 0 saturated carbocycles. The second kappa shape index (κ2) is 2.42. The van der Waals surface area contributed by atoms with Crippen molar-refractivity contribution in [2.45, 2.75) is 13.3 Å². The minimum absolute atomic E-state index is 1.06. The quantitative estimate of drug-likeness (QED) is 0.633. The summed E-state index contributed by atoms with van der Waals surface area (Å²) in [6, 6.07) is 11.2. The summed E-state index contributed by atoms with van der Waals surface area (Å²) in [4.78, 5) is 3.31. The third-order valence-electron chi connectivity index (χ3n) is 1.90. The first kappa shape index (κ1) is 6.47. The number of benzene rings is 1. The molecule has 1 radical (unpaired) electrons. The molecule has 11 heavy (non-hydrogen) atoms. The Bertz CT molecular complexity index is 327. The molecule has 0 unspecified atom stereocenters. The highest BCUT2D eigenvalue weighted by Gasteiger charge is 1.95. The maximum absolute atomic E-state index is 3.31. The van der Waals surface area contributed by atoms with Gasteiger partial charge in [-0.25, -0.2) is 0 Å². The van der Waals surface area contributed by atoms with Crippen molar-refractivity contribution in [2.75, 3.05) is 0 Å². The number of fused-ring (bicyclic) bond motifs is 1. The van der Waals surface area contributed by atoms with Crippen LogP contribution in [0.3, 0.4) is 0 Å². The third kappa shape index (κ3) is 1.03. The number of hydrogen-bond acceptors (Lipinski definition) is 0. The molecule has 1 heterocycles. The van der Waals surface area contributed by atoms with Gasteiger partial charge >= 0.3 is 0 Å². The van der Waals surface area contributed by atoms with E-state index in [0.717, 1.165) is 6.42 Å². The van der Waals surface area contributed by atoms with Gasteiger partial charge in [0, 0.05) is 11.2 Å². The second-order valence-electron chi connectivity index (χ2n) is 2.66. The molecule has 1 N–H and O–H groups in total. The smallest absolute Gasteiger partial charge is 0.0462 e. The van der Waals surface area contributed by atoms with Crippen molar-refractivity contribution in [3.8, 4) is 0 Å². The molecule has 0 aliphatic heterocycles. The summed E-state index contributed by atoms with van der Waals surface area (Å²) in [5.74, 6) is 0. The van der Waals surface area contributed by atoms with Gasteiger partial charge in [-0.3, -0.25) is 0 Å². The van der Waals surface area contributed by atoms with Gasteiger partial charge in [0.05, 0.1) is 0 Å². The van der Waals surface area contributed by atoms with Crippen LogP contribution in [0.5, 0.6) is 0 Å². The maximum atomic E-state index is 3.31. The second-order valence-corrected chi connectivity index (χ2v) is 2.66. The minimum atomic E-state index is 1.06. The van der Waals surface area contributed by atoms with Crippen LogP contribution in [0, 0.1) is 6.07 Å². The predicted octanol–water partition coefficient (Wildman–Crippen LogP) is 2.53. The van der Waals surface area contributed by atoms with Gasteiger partial charge in [0.15, 0.2) is 0 Å². The highest BCUT2D eigenvalue weighted by molar-refractivity contribution is 5.79. The Morgan fingerprint density at radius 3 is 3.18 bits per heavy atom. The molecule has 0 spiro atoms. The number of H-pyrrole nitrogens is 1. The van der Waals surface area contributed by atoms with Crippen molar-refractivity contribution in [3.63, 3.8) is 0 Å². The summed E-state index contributed by atoms with van der Waals surface area (Å²) in [7, 11) is 0. The standard InChI is InChI=1S/C10H10N/c1-2-9-7-8-5-3-4-6-10(8)11-9/h3,5-7,11H,2H2,1H3. The van der Waals surface area contributed by atoms with E-state index in [0.29, 0.717) is 0 Å². The fraction of sp³-hybridized carbons (Fsp3) is 0.200. The van der Waals surface area contributed by atoms with Gasteiger partial charge < -0.3 is 4.98 Å². The van der Waals surface area contributed by atoms with Gasteiger partial charge in [0.2, 0.25) is 0 Å². The molecule has 1 heteroatoms. The molecule has 1 nitrogen and oxygen atoms in total. The van der Waals surface area contributed by atoms with Crippen molar-refractivity contribution in [2.24, 2.45) is 0 Å². The molecule has 55 valence electrons. The van der Waals surface area contributed by atoms with E-state index in [1.54, 1.807) is 0 Å². The molecular formula is C10H10N. The Labute approximate surface area is 66.1 Å². The van der Waals surface area contributed by atoms with Crippen molar-refractivity contribution < 1.29 is 0 Å². The SMILES string of the molecule is CCc1cc2cc[c]cc2[nH]1. The average Bonchev–Trinajstić information content (AvgIpc) is 2.46. The average molecular weight is 144 g/mol. The maximum Gasteiger partial charge on any atom is 0.0462 e. The van der Waals surface area contributed by atoms with E-state index in [4.69, 9.17) is 0 Å². The van der Waals surface area contributed by atoms with Crippen LogP contribution in [-0.4, -0.2) is 4.98 Å². The van der Waals surface area contributed by atoms with E-state index in [2.05, 4.69) is 30.1 Å². The lowest BCUT2D eigenvalue weighted by molar-refractivity contribution is 1.07. The van der Waals surface area contributed by atoms with Crippen molar-refractivity contribution in [3.05, 3.63) is 36.0 Å². The van der Waals surface area contributed by atoms with E-state index in [-0.39, 0.29) is 0 Å². The van der Waals surface area contributed by atoms with Crippen LogP contribution in [0.2, 0.25) is 0 Å². The number of aromatic amines is 1. The number of hydrogen-bond donors (Lipinski definition) is 1. The summed E-state index contributed by atoms with van der Waals surface area (Å²) >= 11 is 0. The normalized spacial score (nSPS) is 10.6. The van der Waals surface area contributed by atoms with Crippen molar-refractivity contribution in [1.82, 2.24) is 4.98 Å². The van der Waals surface area contributed by atoms with Crippen LogP contribution in [0.1, 0.15) is 12.6 Å². The van der Waals surface area contributed by atoms with Crippen LogP contribution in [0.15, 0.2) is 24.3 Å². The molecule has 0 amide bonds. The summed E-state index contributed by atoms with van der Waals surface area (Å²) in [6.07, 6.45) is 1.06. The zero-order valence-electron chi connectivity index (χ0n) is 6.52. The van der Waals surface area contributed by atoms with E-state index in [9.17, 15) is 0 Å². The highest BCUT2D eigenvalue weighted by Crippen LogP contribution is 2.13. The third-order valence-corrected chi connectivity index (χ3v) is 1.90. The Balaban J connectivity index is 2.69. The Morgan fingerprint density at radius 2 is 2.45 bits per heavy atom. The fourth-order valence-corrected chi connectivity index (χ4v) is 1.26. The van der Waals surface area contributed by atoms with Crippen LogP contribution in [0.4, 0.5) is 0 Å². The van der Waals surface area contributed by atoms with Crippen LogP contribution in [-0.2, 0) is 6.42 Å². The molecule has 0 fully saturated rings. The molecule has 0 aliphatic rings. The molecule has 0 bridgehead atoms. The van der Waals surface area contributed by atoms with E-state index >= 15 is 0 Å². The summed E-state index contributed by atoms with van der Waals surface area (Å²) in [6.45, 7) is 2.15. The lowest BCUT2D eigenvalue weighted by Gasteiger charge is -1.84. The van der Waals surface area contributed by atoms with Gasteiger partial charge in [0.25, 0.3) is 0 Å². The van der Waals surface area contributed by atoms with Gasteiger partial charge in [0.1, 0.15) is 0 Å². The highest BCUT2D eigenvalue weighted by atomic mass is 14.7. The van der Waals surface area contributed by atoms with Gasteiger partial charge in [-0.05, 0) is 30.0 Å². The number of nitrogens with one attached hydrogen (secondary N) is 1. The van der Waals surface area contributed by atoms with E-state index in [1.807, 2.05) is 12.1 Å². The van der Waals surface area contributed by atoms with Crippen molar-refractivity contribution >= 4 is 10.9 Å². The minimum Gasteiger partial charge on any atom is -0.358 e. The molecule has 2 rings (SSSR count). The van der Waals surface area contributed by atoms with Crippen LogP contribution in [0.25, 0.3) is 10.9 Å². The Kier molecular flexibility index (Phi) is 1.42. The molecule has 0 atom stereocenters. The monoisotopic (exact) mass is 144 g/mol. The molecule has 0 aliphatic carbocycles. The molecular weight excluding hydrogens is 134 g/mol. The molecule has 1 aromatic carbocycles. The topological polar surface area (TPSA) is 15.8 Å². The summed E-state index contributed by atoms with van der Waals surface area (Å²) in [5, 5.41) is 1.28. The van der Waals surface area contributed by atoms with Gasteiger partial charge in [-0.1, -0.05) is 19.1 Å². The predicted molar refractivity (Wildman–Crippen MR) is 46.5 cm³/mol. The lowest BCUT2D eigenvalue weighted by Crippen LogP contribution is -1.74. The number of rotatable bonds is 1. The van der Waals surface area contributed by atoms with Gasteiger partial charge in [-0.2, -0.15) is 0 Å². The Morgan fingerprint density at radius 1 is 1.55 bits per heavy atom. The number of aromatic nitrogens is 1. The molecule has 2 aromatic rings. The Hall–Kier alpha value is -1.24. The first-order valence-electron chi connectivity index (χ1n) is 3.88. The zero-order chi connectivity index (χ0) is 7.68. The lowest BCUT2D eigenvalue weighted by atomic mass is 10.2. The number of aryl methyl sites for hydroxylation is 1. The largest absolute Gasteiger partial charge is 0.358 e. The summed E-state index contributed by atoms with van der Waals surface area (Å²) < 4.78 is 0. The fourth-order valence-electron chi connectivity index (χ4n) is 1.26. The molecule has 1 aromatic heterocycles. The molecule has 0 saturated heterocycles. The van der Waals surface area contributed by atoms with E-state index in [1.165, 1.54) is 16.6 Å². The van der Waals surface area contributed by atoms with Crippen LogP contribution >= 0.6 is 0 Å². The van der Waals surface area contributed by atoms with Crippen molar-refractivity contribution in [1.29, 1.82) is 0 Å².